The summed E-state index contributed by atoms with van der Waals surface area (Å²) in [5.41, 5.74) is 1.02. The summed E-state index contributed by atoms with van der Waals surface area (Å²) in [6.45, 7) is 2.61. The molecule has 1 aliphatic heterocycles. The third-order valence-corrected chi connectivity index (χ3v) is 3.60. The van der Waals surface area contributed by atoms with Crippen LogP contribution >= 0.6 is 0 Å². The lowest BCUT2D eigenvalue weighted by Crippen LogP contribution is -2.36. The average molecular weight is 239 g/mol. The van der Waals surface area contributed by atoms with E-state index in [1.807, 2.05) is 4.90 Å². The normalized spacial score (nSPS) is 24.4. The van der Waals surface area contributed by atoms with Crippen LogP contribution in [0.5, 0.6) is 0 Å². The highest BCUT2D eigenvalue weighted by Crippen LogP contribution is 2.33. The number of halogens is 1. The van der Waals surface area contributed by atoms with Gasteiger partial charge >= 0.3 is 0 Å². The van der Waals surface area contributed by atoms with Gasteiger partial charge in [0.1, 0.15) is 5.82 Å². The maximum Gasteiger partial charge on any atom is 0.146 e. The van der Waals surface area contributed by atoms with Crippen molar-refractivity contribution in [2.24, 2.45) is 5.92 Å². The molecule has 0 amide bonds. The Hall–Kier alpha value is -1.13. The van der Waals surface area contributed by atoms with E-state index < -0.39 is 0 Å². The summed E-state index contributed by atoms with van der Waals surface area (Å²) in [7, 11) is 0. The summed E-state index contributed by atoms with van der Waals surface area (Å²) < 4.78 is 13.9. The van der Waals surface area contributed by atoms with Crippen molar-refractivity contribution in [1.29, 1.82) is 0 Å². The minimum Gasteiger partial charge on any atom is -0.394 e. The molecule has 1 aromatic carbocycles. The lowest BCUT2D eigenvalue weighted by molar-refractivity contribution is 0.243. The van der Waals surface area contributed by atoms with Gasteiger partial charge in [-0.05, 0) is 18.4 Å². The molecule has 4 heteroatoms. The van der Waals surface area contributed by atoms with Gasteiger partial charge in [-0.25, -0.2) is 4.39 Å². The number of benzene rings is 1. The topological polar surface area (TPSA) is 43.7 Å². The molecule has 17 heavy (non-hydrogen) atoms. The average Bonchev–Trinajstić information content (AvgIpc) is 2.69. The number of para-hydroxylation sites is 1. The van der Waals surface area contributed by atoms with Gasteiger partial charge in [0, 0.05) is 12.1 Å². The van der Waals surface area contributed by atoms with Crippen molar-refractivity contribution < 1.29 is 14.6 Å². The lowest BCUT2D eigenvalue weighted by Gasteiger charge is -2.29. The van der Waals surface area contributed by atoms with Crippen LogP contribution in [0.1, 0.15) is 18.9 Å². The first-order valence-corrected chi connectivity index (χ1v) is 5.94. The summed E-state index contributed by atoms with van der Waals surface area (Å²) in [5.74, 6) is 0.00949. The van der Waals surface area contributed by atoms with Crippen molar-refractivity contribution in [1.82, 2.24) is 0 Å². The second kappa shape index (κ2) is 5.02. The van der Waals surface area contributed by atoms with Crippen LogP contribution in [0.3, 0.4) is 0 Å². The summed E-state index contributed by atoms with van der Waals surface area (Å²) in [6, 6.07) is 4.65. The number of rotatable bonds is 3. The van der Waals surface area contributed by atoms with Crippen LogP contribution in [0.2, 0.25) is 0 Å². The smallest absolute Gasteiger partial charge is 0.146 e. The zero-order valence-electron chi connectivity index (χ0n) is 9.93. The first kappa shape index (κ1) is 12.3. The van der Waals surface area contributed by atoms with Gasteiger partial charge in [-0.1, -0.05) is 19.1 Å². The zero-order valence-corrected chi connectivity index (χ0v) is 9.93. The Bertz CT molecular complexity index is 397. The molecule has 2 unspecified atom stereocenters. The van der Waals surface area contributed by atoms with Gasteiger partial charge in [0.15, 0.2) is 0 Å². The highest BCUT2D eigenvalue weighted by molar-refractivity contribution is 5.56. The fraction of sp³-hybridized carbons (Fsp3) is 0.538. The third kappa shape index (κ3) is 2.15. The van der Waals surface area contributed by atoms with Crippen molar-refractivity contribution in [3.05, 3.63) is 29.6 Å². The van der Waals surface area contributed by atoms with Crippen molar-refractivity contribution in [3.8, 4) is 0 Å². The predicted molar refractivity (Wildman–Crippen MR) is 64.3 cm³/mol. The number of aliphatic hydroxyl groups is 2. The molecule has 0 aromatic heterocycles. The summed E-state index contributed by atoms with van der Waals surface area (Å²) in [5, 5.41) is 18.7. The fourth-order valence-corrected chi connectivity index (χ4v) is 2.57. The molecule has 1 saturated heterocycles. The van der Waals surface area contributed by atoms with Crippen molar-refractivity contribution in [2.75, 3.05) is 18.1 Å². The molecule has 0 saturated carbocycles. The van der Waals surface area contributed by atoms with Gasteiger partial charge in [0.25, 0.3) is 0 Å². The van der Waals surface area contributed by atoms with Gasteiger partial charge in [0.2, 0.25) is 0 Å². The molecule has 0 bridgehead atoms. The highest BCUT2D eigenvalue weighted by Gasteiger charge is 2.33. The van der Waals surface area contributed by atoms with Gasteiger partial charge < -0.3 is 15.1 Å². The van der Waals surface area contributed by atoms with E-state index in [9.17, 15) is 14.6 Å². The standard InChI is InChI=1S/C13H18FNO2/c1-9-5-6-15(12(9)8-17)13-10(7-16)3-2-4-11(13)14/h2-4,9,12,16-17H,5-8H2,1H3. The molecule has 2 atom stereocenters. The molecular weight excluding hydrogens is 221 g/mol. The van der Waals surface area contributed by atoms with Crippen LogP contribution in [-0.4, -0.2) is 29.4 Å². The maximum absolute atomic E-state index is 13.9. The first-order chi connectivity index (χ1) is 8.19. The zero-order chi connectivity index (χ0) is 12.4. The third-order valence-electron chi connectivity index (χ3n) is 3.60. The Labute approximate surface area is 100 Å². The molecule has 1 heterocycles. The molecule has 2 N–H and O–H groups in total. The minimum absolute atomic E-state index is 0.0143. The van der Waals surface area contributed by atoms with Gasteiger partial charge in [-0.2, -0.15) is 0 Å². The molecule has 94 valence electrons. The molecule has 1 aromatic rings. The van der Waals surface area contributed by atoms with Crippen LogP contribution in [-0.2, 0) is 6.61 Å². The van der Waals surface area contributed by atoms with E-state index in [1.165, 1.54) is 6.07 Å². The second-order valence-electron chi connectivity index (χ2n) is 4.61. The molecule has 0 spiro atoms. The summed E-state index contributed by atoms with van der Waals surface area (Å²) in [4.78, 5) is 1.88. The van der Waals surface area contributed by atoms with Crippen molar-refractivity contribution in [3.63, 3.8) is 0 Å². The van der Waals surface area contributed by atoms with E-state index in [2.05, 4.69) is 6.92 Å². The Morgan fingerprint density at radius 3 is 2.82 bits per heavy atom. The highest BCUT2D eigenvalue weighted by atomic mass is 19.1. The SMILES string of the molecule is CC1CCN(c2c(F)cccc2CO)C1CO. The molecule has 1 fully saturated rings. The van der Waals surface area contributed by atoms with E-state index in [1.54, 1.807) is 12.1 Å². The monoisotopic (exact) mass is 239 g/mol. The maximum atomic E-state index is 13.9. The van der Waals surface area contributed by atoms with E-state index >= 15 is 0 Å². The van der Waals surface area contributed by atoms with Gasteiger partial charge in [-0.3, -0.25) is 0 Å². The summed E-state index contributed by atoms with van der Waals surface area (Å²) >= 11 is 0. The number of nitrogens with zero attached hydrogens (tertiary/aromatic N) is 1. The van der Waals surface area contributed by atoms with Crippen molar-refractivity contribution in [2.45, 2.75) is 26.0 Å². The fourth-order valence-electron chi connectivity index (χ4n) is 2.57. The Kier molecular flexibility index (Phi) is 3.64. The number of anilines is 1. The molecule has 0 aliphatic carbocycles. The van der Waals surface area contributed by atoms with Crippen LogP contribution in [0.4, 0.5) is 10.1 Å². The first-order valence-electron chi connectivity index (χ1n) is 5.94. The minimum atomic E-state index is -0.330. The van der Waals surface area contributed by atoms with E-state index in [-0.39, 0.29) is 25.1 Å². The van der Waals surface area contributed by atoms with Crippen LogP contribution < -0.4 is 4.90 Å². The van der Waals surface area contributed by atoms with Crippen LogP contribution in [0.25, 0.3) is 0 Å². The summed E-state index contributed by atoms with van der Waals surface area (Å²) in [6.07, 6.45) is 0.935. The van der Waals surface area contributed by atoms with Gasteiger partial charge in [-0.15, -0.1) is 0 Å². The predicted octanol–water partition coefficient (Wildman–Crippen LogP) is 1.53. The number of hydrogen-bond acceptors (Lipinski definition) is 3. The van der Waals surface area contributed by atoms with Crippen LogP contribution in [0.15, 0.2) is 18.2 Å². The molecule has 3 nitrogen and oxygen atoms in total. The number of hydrogen-bond donors (Lipinski definition) is 2. The Balaban J connectivity index is 2.39. The van der Waals surface area contributed by atoms with Gasteiger partial charge in [0.05, 0.1) is 24.9 Å². The largest absolute Gasteiger partial charge is 0.394 e. The van der Waals surface area contributed by atoms with E-state index in [4.69, 9.17) is 0 Å². The van der Waals surface area contributed by atoms with Crippen LogP contribution in [0, 0.1) is 11.7 Å². The van der Waals surface area contributed by atoms with E-state index in [0.717, 1.165) is 13.0 Å². The molecule has 2 rings (SSSR count). The Morgan fingerprint density at radius 2 is 2.18 bits per heavy atom. The lowest BCUT2D eigenvalue weighted by atomic mass is 10.0. The van der Waals surface area contributed by atoms with E-state index in [0.29, 0.717) is 17.2 Å². The second-order valence-corrected chi connectivity index (χ2v) is 4.61. The Morgan fingerprint density at radius 1 is 1.41 bits per heavy atom. The van der Waals surface area contributed by atoms with Crippen molar-refractivity contribution >= 4 is 5.69 Å². The molecule has 0 radical (unpaired) electrons. The number of aliphatic hydroxyl groups excluding tert-OH is 2. The molecule has 1 aliphatic rings. The quantitative estimate of drug-likeness (QED) is 0.840. The molecular formula is C13H18FNO2.